The van der Waals surface area contributed by atoms with E-state index >= 15 is 0 Å². The summed E-state index contributed by atoms with van der Waals surface area (Å²) in [6, 6.07) is 6.16. The third-order valence-corrected chi connectivity index (χ3v) is 3.69. The summed E-state index contributed by atoms with van der Waals surface area (Å²) in [5.41, 5.74) is 1.35. The monoisotopic (exact) mass is 291 g/mol. The fourth-order valence-electron chi connectivity index (χ4n) is 2.54. The molecule has 7 nitrogen and oxygen atoms in total. The summed E-state index contributed by atoms with van der Waals surface area (Å²) >= 11 is 0. The van der Waals surface area contributed by atoms with Gasteiger partial charge in [-0.2, -0.15) is 4.98 Å². The zero-order chi connectivity index (χ0) is 14.8. The van der Waals surface area contributed by atoms with Gasteiger partial charge < -0.3 is 24.5 Å². The van der Waals surface area contributed by atoms with Gasteiger partial charge in [-0.15, -0.1) is 0 Å². The summed E-state index contributed by atoms with van der Waals surface area (Å²) in [4.78, 5) is 16.7. The molecule has 0 saturated carbocycles. The van der Waals surface area contributed by atoms with Crippen molar-refractivity contribution >= 4 is 23.2 Å². The Morgan fingerprint density at radius 2 is 2.24 bits per heavy atom. The van der Waals surface area contributed by atoms with Crippen LogP contribution in [0, 0.1) is 0 Å². The average molecular weight is 291 g/mol. The first-order valence-electron chi connectivity index (χ1n) is 6.85. The van der Waals surface area contributed by atoms with Crippen molar-refractivity contribution in [2.24, 2.45) is 0 Å². The zero-order valence-corrected chi connectivity index (χ0v) is 11.7. The van der Waals surface area contributed by atoms with Gasteiger partial charge in [0.05, 0.1) is 7.11 Å². The highest BCUT2D eigenvalue weighted by atomic mass is 16.5. The quantitative estimate of drug-likeness (QED) is 0.902. The number of benzene rings is 1. The Hall–Kier alpha value is -2.44. The number of aromatic nitrogens is 1. The minimum atomic E-state index is -0.861. The second kappa shape index (κ2) is 5.51. The van der Waals surface area contributed by atoms with Crippen molar-refractivity contribution in [3.63, 3.8) is 0 Å². The number of piperidine rings is 1. The highest BCUT2D eigenvalue weighted by Crippen LogP contribution is 2.28. The first-order valence-corrected chi connectivity index (χ1v) is 6.85. The Balaban J connectivity index is 1.70. The number of ether oxygens (including phenoxy) is 1. The third kappa shape index (κ3) is 2.72. The molecule has 112 valence electrons. The Kier molecular flexibility index (Phi) is 3.55. The molecule has 0 bridgehead atoms. The molecule has 2 heterocycles. The van der Waals surface area contributed by atoms with Gasteiger partial charge >= 0.3 is 6.09 Å². The topological polar surface area (TPSA) is 87.8 Å². The predicted octanol–water partition coefficient (Wildman–Crippen LogP) is 2.39. The van der Waals surface area contributed by atoms with Crippen molar-refractivity contribution in [1.82, 2.24) is 9.88 Å². The molecule has 7 heteroatoms. The van der Waals surface area contributed by atoms with Gasteiger partial charge in [-0.25, -0.2) is 4.79 Å². The third-order valence-electron chi connectivity index (χ3n) is 3.69. The van der Waals surface area contributed by atoms with Gasteiger partial charge in [0, 0.05) is 19.1 Å². The maximum absolute atomic E-state index is 10.9. The first kappa shape index (κ1) is 13.5. The number of amides is 1. The van der Waals surface area contributed by atoms with E-state index in [-0.39, 0.29) is 6.04 Å². The fourth-order valence-corrected chi connectivity index (χ4v) is 2.54. The SMILES string of the molecule is COc1cccc2nc(NC3CCN(C(=O)O)CC3)oc12. The van der Waals surface area contributed by atoms with Crippen LogP contribution in [-0.2, 0) is 0 Å². The highest BCUT2D eigenvalue weighted by Gasteiger charge is 2.23. The summed E-state index contributed by atoms with van der Waals surface area (Å²) in [5.74, 6) is 0.647. The largest absolute Gasteiger partial charge is 0.493 e. The second-order valence-electron chi connectivity index (χ2n) is 5.02. The van der Waals surface area contributed by atoms with Gasteiger partial charge in [-0.05, 0) is 25.0 Å². The normalized spacial score (nSPS) is 16.1. The molecule has 2 aromatic rings. The van der Waals surface area contributed by atoms with Crippen LogP contribution in [0.25, 0.3) is 11.1 Å². The maximum Gasteiger partial charge on any atom is 0.407 e. The number of nitrogens with zero attached hydrogens (tertiary/aromatic N) is 2. The number of hydrogen-bond donors (Lipinski definition) is 2. The number of carboxylic acid groups (broad SMARTS) is 1. The Morgan fingerprint density at radius 3 is 2.90 bits per heavy atom. The molecule has 1 aromatic heterocycles. The lowest BCUT2D eigenvalue weighted by molar-refractivity contribution is 0.133. The Labute approximate surface area is 121 Å². The Morgan fingerprint density at radius 1 is 1.48 bits per heavy atom. The number of methoxy groups -OCH3 is 1. The van der Waals surface area contributed by atoms with Crippen LogP contribution in [-0.4, -0.2) is 47.3 Å². The van der Waals surface area contributed by atoms with E-state index in [1.165, 1.54) is 4.90 Å². The minimum Gasteiger partial charge on any atom is -0.493 e. The van der Waals surface area contributed by atoms with Crippen molar-refractivity contribution in [2.45, 2.75) is 18.9 Å². The van der Waals surface area contributed by atoms with E-state index in [1.807, 2.05) is 18.2 Å². The molecule has 3 rings (SSSR count). The molecule has 0 spiro atoms. The number of para-hydroxylation sites is 1. The fraction of sp³-hybridized carbons (Fsp3) is 0.429. The number of anilines is 1. The van der Waals surface area contributed by atoms with Crippen molar-refractivity contribution in [2.75, 3.05) is 25.5 Å². The molecule has 0 unspecified atom stereocenters. The molecule has 1 fully saturated rings. The molecule has 21 heavy (non-hydrogen) atoms. The first-order chi connectivity index (χ1) is 10.2. The van der Waals surface area contributed by atoms with Crippen LogP contribution in [0.15, 0.2) is 22.6 Å². The second-order valence-corrected chi connectivity index (χ2v) is 5.02. The van der Waals surface area contributed by atoms with Crippen LogP contribution in [0.4, 0.5) is 10.8 Å². The lowest BCUT2D eigenvalue weighted by Gasteiger charge is -2.29. The van der Waals surface area contributed by atoms with E-state index in [0.29, 0.717) is 30.4 Å². The number of carbonyl (C=O) groups is 1. The standard InChI is InChI=1S/C14H17N3O4/c1-20-11-4-2-3-10-12(11)21-13(16-10)15-9-5-7-17(8-6-9)14(18)19/h2-4,9H,5-8H2,1H3,(H,15,16)(H,18,19). The van der Waals surface area contributed by atoms with Gasteiger partial charge in [-0.3, -0.25) is 0 Å². The van der Waals surface area contributed by atoms with Gasteiger partial charge in [-0.1, -0.05) is 6.07 Å². The molecule has 1 aliphatic heterocycles. The van der Waals surface area contributed by atoms with Gasteiger partial charge in [0.1, 0.15) is 5.52 Å². The van der Waals surface area contributed by atoms with Crippen molar-refractivity contribution < 1.29 is 19.1 Å². The van der Waals surface area contributed by atoms with Gasteiger partial charge in [0.25, 0.3) is 6.01 Å². The van der Waals surface area contributed by atoms with Crippen LogP contribution in [0.5, 0.6) is 5.75 Å². The average Bonchev–Trinajstić information content (AvgIpc) is 2.90. The van der Waals surface area contributed by atoms with E-state index in [4.69, 9.17) is 14.3 Å². The molecule has 1 saturated heterocycles. The predicted molar refractivity (Wildman–Crippen MR) is 76.8 cm³/mol. The lowest BCUT2D eigenvalue weighted by Crippen LogP contribution is -2.41. The number of oxazole rings is 1. The summed E-state index contributed by atoms with van der Waals surface area (Å²) < 4.78 is 10.9. The van der Waals surface area contributed by atoms with Crippen molar-refractivity contribution in [3.05, 3.63) is 18.2 Å². The molecule has 0 radical (unpaired) electrons. The van der Waals surface area contributed by atoms with E-state index in [2.05, 4.69) is 10.3 Å². The van der Waals surface area contributed by atoms with Crippen LogP contribution in [0.3, 0.4) is 0 Å². The summed E-state index contributed by atoms with van der Waals surface area (Å²) in [6.45, 7) is 1.05. The van der Waals surface area contributed by atoms with Gasteiger partial charge in [0.15, 0.2) is 11.3 Å². The van der Waals surface area contributed by atoms with E-state index < -0.39 is 6.09 Å². The summed E-state index contributed by atoms with van der Waals surface area (Å²) in [7, 11) is 1.59. The number of hydrogen-bond acceptors (Lipinski definition) is 5. The van der Waals surface area contributed by atoms with Crippen LogP contribution in [0.1, 0.15) is 12.8 Å². The summed E-state index contributed by atoms with van der Waals surface area (Å²) in [6.07, 6.45) is 0.615. The number of fused-ring (bicyclic) bond motifs is 1. The molecule has 1 aliphatic rings. The number of nitrogens with one attached hydrogen (secondary N) is 1. The number of likely N-dealkylation sites (tertiary alicyclic amines) is 1. The van der Waals surface area contributed by atoms with Crippen molar-refractivity contribution in [1.29, 1.82) is 0 Å². The van der Waals surface area contributed by atoms with Crippen LogP contribution >= 0.6 is 0 Å². The van der Waals surface area contributed by atoms with E-state index in [1.54, 1.807) is 7.11 Å². The molecule has 1 amide bonds. The van der Waals surface area contributed by atoms with Crippen LogP contribution in [0.2, 0.25) is 0 Å². The molecule has 2 N–H and O–H groups in total. The molecular weight excluding hydrogens is 274 g/mol. The lowest BCUT2D eigenvalue weighted by atomic mass is 10.1. The zero-order valence-electron chi connectivity index (χ0n) is 11.7. The molecule has 1 aromatic carbocycles. The molecule has 0 atom stereocenters. The maximum atomic E-state index is 10.9. The molecular formula is C14H17N3O4. The van der Waals surface area contributed by atoms with Crippen molar-refractivity contribution in [3.8, 4) is 5.75 Å². The molecule has 0 aliphatic carbocycles. The minimum absolute atomic E-state index is 0.166. The highest BCUT2D eigenvalue weighted by molar-refractivity contribution is 5.80. The number of rotatable bonds is 3. The van der Waals surface area contributed by atoms with Crippen LogP contribution < -0.4 is 10.1 Å². The van der Waals surface area contributed by atoms with Gasteiger partial charge in [0.2, 0.25) is 0 Å². The van der Waals surface area contributed by atoms with E-state index in [9.17, 15) is 4.79 Å². The Bertz CT molecular complexity index is 647. The van der Waals surface area contributed by atoms with E-state index in [0.717, 1.165) is 18.4 Å². The summed E-state index contributed by atoms with van der Waals surface area (Å²) in [5, 5.41) is 12.2. The smallest absolute Gasteiger partial charge is 0.407 e.